The van der Waals surface area contributed by atoms with Crippen LogP contribution in [0.1, 0.15) is 20.8 Å². The molecule has 0 saturated carbocycles. The van der Waals surface area contributed by atoms with Crippen LogP contribution >= 0.6 is 0 Å². The van der Waals surface area contributed by atoms with E-state index in [1.165, 1.54) is 7.11 Å². The summed E-state index contributed by atoms with van der Waals surface area (Å²) in [4.78, 5) is 0. The van der Waals surface area contributed by atoms with Crippen LogP contribution in [0.4, 0.5) is 0 Å². The highest BCUT2D eigenvalue weighted by Gasteiger charge is 2.20. The van der Waals surface area contributed by atoms with E-state index < -0.39 is 17.2 Å². The van der Waals surface area contributed by atoms with E-state index in [1.807, 2.05) is 13.8 Å². The van der Waals surface area contributed by atoms with Gasteiger partial charge in [0.25, 0.3) is 0 Å². The van der Waals surface area contributed by atoms with Crippen LogP contribution in [-0.2, 0) is 20.0 Å². The van der Waals surface area contributed by atoms with E-state index in [4.69, 9.17) is 14.0 Å². The number of hydrogen-bond donors (Lipinski definition) is 1. The molecule has 5 heteroatoms. The van der Waals surface area contributed by atoms with Gasteiger partial charge in [0.1, 0.15) is 12.2 Å². The van der Waals surface area contributed by atoms with Crippen molar-refractivity contribution in [2.45, 2.75) is 38.2 Å². The molecule has 0 fully saturated rings. The van der Waals surface area contributed by atoms with Crippen molar-refractivity contribution in [2.24, 2.45) is 0 Å². The first-order chi connectivity index (χ1) is 6.02. The predicted octanol–water partition coefficient (Wildman–Crippen LogP) is 0.471. The third-order valence-corrected chi connectivity index (χ3v) is 2.90. The van der Waals surface area contributed by atoms with Gasteiger partial charge >= 0.3 is 0 Å². The molecule has 3 atom stereocenters. The van der Waals surface area contributed by atoms with Gasteiger partial charge in [-0.15, -0.1) is 0 Å². The lowest BCUT2D eigenvalue weighted by atomic mass is 10.2. The van der Waals surface area contributed by atoms with Crippen LogP contribution in [0.5, 0.6) is 0 Å². The highest BCUT2D eigenvalue weighted by Crippen LogP contribution is 2.07. The monoisotopic (exact) mass is 210 g/mol. The van der Waals surface area contributed by atoms with E-state index in [0.29, 0.717) is 0 Å². The van der Waals surface area contributed by atoms with Crippen LogP contribution in [0.2, 0.25) is 0 Å². The summed E-state index contributed by atoms with van der Waals surface area (Å²) in [5.74, 6) is 0. The summed E-state index contributed by atoms with van der Waals surface area (Å²) in [5.41, 5.74) is 0. The third-order valence-electron chi connectivity index (χ3n) is 1.64. The van der Waals surface area contributed by atoms with Gasteiger partial charge < -0.3 is 9.84 Å². The largest absolute Gasteiger partial charge is 0.394 e. The molecule has 0 aliphatic heterocycles. The molecule has 0 aliphatic carbocycles. The molecule has 0 heterocycles. The van der Waals surface area contributed by atoms with E-state index in [1.54, 1.807) is 6.92 Å². The van der Waals surface area contributed by atoms with Crippen molar-refractivity contribution in [1.29, 1.82) is 0 Å². The summed E-state index contributed by atoms with van der Waals surface area (Å²) >= 11 is -1.32. The Bertz CT molecular complexity index is 156. The van der Waals surface area contributed by atoms with Gasteiger partial charge in [0.2, 0.25) is 0 Å². The van der Waals surface area contributed by atoms with E-state index in [-0.39, 0.29) is 18.0 Å². The average molecular weight is 210 g/mol. The van der Waals surface area contributed by atoms with Gasteiger partial charge in [-0.25, -0.2) is 4.21 Å². The molecule has 1 N–H and O–H groups in total. The Balaban J connectivity index is 3.97. The molecule has 0 amide bonds. The van der Waals surface area contributed by atoms with E-state index in [9.17, 15) is 4.21 Å². The van der Waals surface area contributed by atoms with Gasteiger partial charge in [0.05, 0.1) is 11.9 Å². The number of hydrogen-bond acceptors (Lipinski definition) is 4. The normalized spacial score (nSPS) is 18.6. The summed E-state index contributed by atoms with van der Waals surface area (Å²) in [6, 6.07) is 0. The molecule has 0 bridgehead atoms. The fraction of sp³-hybridized carbons (Fsp3) is 1.00. The second-order valence-electron chi connectivity index (χ2n) is 3.07. The molecule has 3 unspecified atom stereocenters. The lowest BCUT2D eigenvalue weighted by molar-refractivity contribution is -0.0179. The van der Waals surface area contributed by atoms with Crippen LogP contribution in [0.15, 0.2) is 0 Å². The standard InChI is InChI=1S/C8H18O4S/c1-6(2)13(10)12-7(3)8(5-9)11-4/h6-9H,5H2,1-4H3. The van der Waals surface area contributed by atoms with Crippen LogP contribution in [0.3, 0.4) is 0 Å². The first kappa shape index (κ1) is 13.0. The van der Waals surface area contributed by atoms with Crippen LogP contribution in [0.25, 0.3) is 0 Å². The fourth-order valence-corrected chi connectivity index (χ4v) is 1.38. The van der Waals surface area contributed by atoms with E-state index in [0.717, 1.165) is 0 Å². The molecular formula is C8H18O4S. The molecule has 0 spiro atoms. The zero-order chi connectivity index (χ0) is 10.4. The minimum Gasteiger partial charge on any atom is -0.394 e. The molecule has 80 valence electrons. The summed E-state index contributed by atoms with van der Waals surface area (Å²) < 4.78 is 21.3. The maximum absolute atomic E-state index is 11.2. The molecule has 0 radical (unpaired) electrons. The Morgan fingerprint density at radius 3 is 2.23 bits per heavy atom. The average Bonchev–Trinajstić information content (AvgIpc) is 2.06. The second-order valence-corrected chi connectivity index (χ2v) is 4.72. The zero-order valence-electron chi connectivity index (χ0n) is 8.52. The van der Waals surface area contributed by atoms with Crippen molar-refractivity contribution in [3.63, 3.8) is 0 Å². The molecule has 0 aromatic heterocycles. The fourth-order valence-electron chi connectivity index (χ4n) is 0.737. The van der Waals surface area contributed by atoms with Crippen LogP contribution < -0.4 is 0 Å². The van der Waals surface area contributed by atoms with Gasteiger partial charge in [0.15, 0.2) is 11.1 Å². The molecule has 0 saturated heterocycles. The summed E-state index contributed by atoms with van der Waals surface area (Å²) in [5, 5.41) is 8.80. The number of aliphatic hydroxyl groups excluding tert-OH is 1. The van der Waals surface area contributed by atoms with Crippen LogP contribution in [-0.4, -0.2) is 40.5 Å². The smallest absolute Gasteiger partial charge is 0.158 e. The van der Waals surface area contributed by atoms with Gasteiger partial charge in [0, 0.05) is 7.11 Å². The summed E-state index contributed by atoms with van der Waals surface area (Å²) in [7, 11) is 1.49. The second kappa shape index (κ2) is 6.48. The van der Waals surface area contributed by atoms with Gasteiger partial charge in [-0.1, -0.05) is 0 Å². The lowest BCUT2D eigenvalue weighted by Gasteiger charge is -2.20. The molecule has 0 aliphatic rings. The molecule has 0 aromatic carbocycles. The first-order valence-electron chi connectivity index (χ1n) is 4.24. The Hall–Kier alpha value is 0.0300. The van der Waals surface area contributed by atoms with E-state index in [2.05, 4.69) is 0 Å². The minimum absolute atomic E-state index is 0.0429. The van der Waals surface area contributed by atoms with Crippen molar-refractivity contribution >= 4 is 11.1 Å². The molecular weight excluding hydrogens is 192 g/mol. The molecule has 0 rings (SSSR count). The molecule has 4 nitrogen and oxygen atoms in total. The van der Waals surface area contributed by atoms with Gasteiger partial charge in [-0.2, -0.15) is 0 Å². The third kappa shape index (κ3) is 4.71. The highest BCUT2D eigenvalue weighted by atomic mass is 32.2. The SMILES string of the molecule is COC(CO)C(C)OS(=O)C(C)C. The topological polar surface area (TPSA) is 55.8 Å². The zero-order valence-corrected chi connectivity index (χ0v) is 9.34. The number of rotatable bonds is 6. The van der Waals surface area contributed by atoms with Crippen molar-refractivity contribution in [3.05, 3.63) is 0 Å². The summed E-state index contributed by atoms with van der Waals surface area (Å²) in [6.07, 6.45) is -0.777. The van der Waals surface area contributed by atoms with E-state index >= 15 is 0 Å². The molecule has 0 aromatic rings. The Kier molecular flexibility index (Phi) is 6.49. The van der Waals surface area contributed by atoms with Crippen LogP contribution in [0, 0.1) is 0 Å². The van der Waals surface area contributed by atoms with Crippen molar-refractivity contribution in [3.8, 4) is 0 Å². The summed E-state index contributed by atoms with van der Waals surface area (Å²) in [6.45, 7) is 5.21. The Morgan fingerprint density at radius 1 is 1.38 bits per heavy atom. The molecule has 13 heavy (non-hydrogen) atoms. The number of aliphatic hydroxyl groups is 1. The van der Waals surface area contributed by atoms with Crippen molar-refractivity contribution < 1.29 is 18.2 Å². The first-order valence-corrected chi connectivity index (χ1v) is 5.38. The quantitative estimate of drug-likeness (QED) is 0.692. The Morgan fingerprint density at radius 2 is 1.92 bits per heavy atom. The minimum atomic E-state index is -1.32. The van der Waals surface area contributed by atoms with Gasteiger partial charge in [-0.05, 0) is 20.8 Å². The van der Waals surface area contributed by atoms with Crippen molar-refractivity contribution in [2.75, 3.05) is 13.7 Å². The highest BCUT2D eigenvalue weighted by molar-refractivity contribution is 7.80. The number of methoxy groups -OCH3 is 1. The predicted molar refractivity (Wildman–Crippen MR) is 51.7 cm³/mol. The Labute approximate surface area is 81.9 Å². The maximum atomic E-state index is 11.2. The number of ether oxygens (including phenoxy) is 1. The lowest BCUT2D eigenvalue weighted by Crippen LogP contribution is -2.33. The maximum Gasteiger partial charge on any atom is 0.158 e. The van der Waals surface area contributed by atoms with Gasteiger partial charge in [-0.3, -0.25) is 4.18 Å². The van der Waals surface area contributed by atoms with Crippen molar-refractivity contribution in [1.82, 2.24) is 0 Å².